The highest BCUT2D eigenvalue weighted by Crippen LogP contribution is 2.33. The van der Waals surface area contributed by atoms with Crippen LogP contribution in [0.3, 0.4) is 0 Å². The molecule has 6 heteroatoms. The van der Waals surface area contributed by atoms with Crippen molar-refractivity contribution < 1.29 is 14.4 Å². The van der Waals surface area contributed by atoms with Gasteiger partial charge in [-0.05, 0) is 35.8 Å². The number of hydrogen-bond donors (Lipinski definition) is 1. The SMILES string of the molecule is CC(C)c1cccc(C(C)C)c1NC(=O)CN1C(=O)CN(C2CC2)C1=O. The molecule has 0 radical (unpaired) electrons. The average Bonchev–Trinajstić information content (AvgIpc) is 3.37. The zero-order valence-corrected chi connectivity index (χ0v) is 15.9. The molecule has 1 aliphatic carbocycles. The van der Waals surface area contributed by atoms with Gasteiger partial charge in [-0.2, -0.15) is 0 Å². The van der Waals surface area contributed by atoms with Gasteiger partial charge in [-0.15, -0.1) is 0 Å². The Morgan fingerprint density at radius 1 is 1.12 bits per heavy atom. The van der Waals surface area contributed by atoms with Gasteiger partial charge in [0.2, 0.25) is 5.91 Å². The summed E-state index contributed by atoms with van der Waals surface area (Å²) in [5.74, 6) is -0.119. The lowest BCUT2D eigenvalue weighted by Crippen LogP contribution is -2.39. The van der Waals surface area contributed by atoms with E-state index in [9.17, 15) is 14.4 Å². The highest BCUT2D eigenvalue weighted by Gasteiger charge is 2.44. The van der Waals surface area contributed by atoms with Crippen molar-refractivity contribution in [2.24, 2.45) is 0 Å². The first-order valence-corrected chi connectivity index (χ1v) is 9.33. The Hall–Kier alpha value is -2.37. The maximum Gasteiger partial charge on any atom is 0.327 e. The number of rotatable bonds is 6. The number of urea groups is 1. The first kappa shape index (κ1) is 18.4. The third-order valence-electron chi connectivity index (χ3n) is 5.01. The number of nitrogens with one attached hydrogen (secondary N) is 1. The number of hydrogen-bond acceptors (Lipinski definition) is 3. The number of nitrogens with zero attached hydrogens (tertiary/aromatic N) is 2. The summed E-state index contributed by atoms with van der Waals surface area (Å²) in [6.07, 6.45) is 1.89. The summed E-state index contributed by atoms with van der Waals surface area (Å²) in [7, 11) is 0. The standard InChI is InChI=1S/C20H27N3O3/c1-12(2)15-6-5-7-16(13(3)4)19(15)21-17(24)10-23-18(25)11-22(20(23)26)14-8-9-14/h5-7,12-14H,8-11H2,1-4H3,(H,21,24). The summed E-state index contributed by atoms with van der Waals surface area (Å²) >= 11 is 0. The molecule has 3 rings (SSSR count). The molecule has 2 fully saturated rings. The van der Waals surface area contributed by atoms with Crippen LogP contribution in [0.5, 0.6) is 0 Å². The van der Waals surface area contributed by atoms with Crippen LogP contribution in [-0.4, -0.2) is 46.8 Å². The van der Waals surface area contributed by atoms with Crippen LogP contribution in [0.1, 0.15) is 63.5 Å². The summed E-state index contributed by atoms with van der Waals surface area (Å²) in [5.41, 5.74) is 2.92. The minimum Gasteiger partial charge on any atom is -0.324 e. The van der Waals surface area contributed by atoms with Gasteiger partial charge < -0.3 is 10.2 Å². The molecule has 0 unspecified atom stereocenters. The van der Waals surface area contributed by atoms with Crippen LogP contribution < -0.4 is 5.32 Å². The van der Waals surface area contributed by atoms with Crippen molar-refractivity contribution in [3.63, 3.8) is 0 Å². The molecule has 1 N–H and O–H groups in total. The first-order chi connectivity index (χ1) is 12.3. The van der Waals surface area contributed by atoms with Gasteiger partial charge in [0.25, 0.3) is 5.91 Å². The number of para-hydroxylation sites is 1. The molecule has 2 aliphatic rings. The van der Waals surface area contributed by atoms with E-state index in [2.05, 4.69) is 33.0 Å². The van der Waals surface area contributed by atoms with E-state index in [4.69, 9.17) is 0 Å². The van der Waals surface area contributed by atoms with Crippen LogP contribution in [0.15, 0.2) is 18.2 Å². The van der Waals surface area contributed by atoms with Crippen LogP contribution in [0, 0.1) is 0 Å². The number of carbonyl (C=O) groups excluding carboxylic acids is 3. The molecule has 4 amide bonds. The van der Waals surface area contributed by atoms with Crippen molar-refractivity contribution in [1.29, 1.82) is 0 Å². The van der Waals surface area contributed by atoms with Crippen LogP contribution in [0.4, 0.5) is 10.5 Å². The molecule has 1 heterocycles. The van der Waals surface area contributed by atoms with E-state index in [1.807, 2.05) is 18.2 Å². The zero-order valence-electron chi connectivity index (χ0n) is 15.9. The molecule has 1 aromatic carbocycles. The van der Waals surface area contributed by atoms with Gasteiger partial charge >= 0.3 is 6.03 Å². The van der Waals surface area contributed by atoms with E-state index in [0.29, 0.717) is 0 Å². The summed E-state index contributed by atoms with van der Waals surface area (Å²) < 4.78 is 0. The number of carbonyl (C=O) groups is 3. The minimum atomic E-state index is -0.339. The van der Waals surface area contributed by atoms with Gasteiger partial charge in [0.05, 0.1) is 0 Å². The number of imide groups is 1. The van der Waals surface area contributed by atoms with Gasteiger partial charge in [-0.25, -0.2) is 4.79 Å². The molecule has 1 saturated carbocycles. The first-order valence-electron chi connectivity index (χ1n) is 9.33. The number of benzene rings is 1. The predicted molar refractivity (Wildman–Crippen MR) is 100 cm³/mol. The number of amides is 4. The molecular weight excluding hydrogens is 330 g/mol. The lowest BCUT2D eigenvalue weighted by atomic mass is 9.92. The lowest BCUT2D eigenvalue weighted by molar-refractivity contribution is -0.129. The highest BCUT2D eigenvalue weighted by atomic mass is 16.2. The molecule has 0 aromatic heterocycles. The predicted octanol–water partition coefficient (Wildman–Crippen LogP) is 3.30. The fourth-order valence-electron chi connectivity index (χ4n) is 3.41. The minimum absolute atomic E-state index is 0.0939. The molecule has 26 heavy (non-hydrogen) atoms. The fourth-order valence-corrected chi connectivity index (χ4v) is 3.41. The van der Waals surface area contributed by atoms with E-state index in [1.54, 1.807) is 4.90 Å². The Morgan fingerprint density at radius 3 is 2.19 bits per heavy atom. The second kappa shape index (κ2) is 7.09. The Kier molecular flexibility index (Phi) is 5.03. The highest BCUT2D eigenvalue weighted by molar-refractivity contribution is 6.06. The molecule has 0 bridgehead atoms. The molecule has 0 spiro atoms. The molecular formula is C20H27N3O3. The second-order valence-corrected chi connectivity index (χ2v) is 7.79. The van der Waals surface area contributed by atoms with Crippen LogP contribution in [-0.2, 0) is 9.59 Å². The van der Waals surface area contributed by atoms with Gasteiger partial charge in [0.1, 0.15) is 13.1 Å². The van der Waals surface area contributed by atoms with E-state index < -0.39 is 0 Å². The average molecular weight is 357 g/mol. The molecule has 6 nitrogen and oxygen atoms in total. The van der Waals surface area contributed by atoms with E-state index in [1.165, 1.54) is 0 Å². The van der Waals surface area contributed by atoms with Crippen molar-refractivity contribution >= 4 is 23.5 Å². The van der Waals surface area contributed by atoms with E-state index >= 15 is 0 Å². The molecule has 0 atom stereocenters. The van der Waals surface area contributed by atoms with Crippen molar-refractivity contribution in [3.05, 3.63) is 29.3 Å². The normalized spacial score (nSPS) is 17.6. The van der Waals surface area contributed by atoms with E-state index in [0.717, 1.165) is 34.6 Å². The van der Waals surface area contributed by atoms with Crippen LogP contribution in [0.25, 0.3) is 0 Å². The Labute approximate surface area is 154 Å². The van der Waals surface area contributed by atoms with Gasteiger partial charge in [0.15, 0.2) is 0 Å². The summed E-state index contributed by atoms with van der Waals surface area (Å²) in [6, 6.07) is 5.85. The molecule has 1 aliphatic heterocycles. The van der Waals surface area contributed by atoms with Gasteiger partial charge in [-0.3, -0.25) is 14.5 Å². The van der Waals surface area contributed by atoms with Crippen molar-refractivity contribution in [2.45, 2.75) is 58.4 Å². The largest absolute Gasteiger partial charge is 0.327 e. The smallest absolute Gasteiger partial charge is 0.324 e. The third kappa shape index (κ3) is 3.59. The Bertz CT molecular complexity index is 712. The van der Waals surface area contributed by atoms with Crippen LogP contribution in [0.2, 0.25) is 0 Å². The summed E-state index contributed by atoms with van der Waals surface area (Å²) in [4.78, 5) is 39.8. The van der Waals surface area contributed by atoms with Crippen molar-refractivity contribution in [2.75, 3.05) is 18.4 Å². The third-order valence-corrected chi connectivity index (χ3v) is 5.01. The maximum absolute atomic E-state index is 12.6. The molecule has 1 saturated heterocycles. The van der Waals surface area contributed by atoms with Crippen molar-refractivity contribution in [1.82, 2.24) is 9.80 Å². The summed E-state index contributed by atoms with van der Waals surface area (Å²) in [5, 5.41) is 2.97. The summed E-state index contributed by atoms with van der Waals surface area (Å²) in [6.45, 7) is 8.18. The number of anilines is 1. The topological polar surface area (TPSA) is 69.7 Å². The fraction of sp³-hybridized carbons (Fsp3) is 0.550. The Morgan fingerprint density at radius 2 is 1.69 bits per heavy atom. The second-order valence-electron chi connectivity index (χ2n) is 7.79. The maximum atomic E-state index is 12.6. The zero-order chi connectivity index (χ0) is 19.0. The van der Waals surface area contributed by atoms with Crippen LogP contribution >= 0.6 is 0 Å². The van der Waals surface area contributed by atoms with Gasteiger partial charge in [0, 0.05) is 11.7 Å². The quantitative estimate of drug-likeness (QED) is 0.794. The molecule has 140 valence electrons. The lowest BCUT2D eigenvalue weighted by Gasteiger charge is -2.21. The van der Waals surface area contributed by atoms with E-state index in [-0.39, 0.29) is 48.8 Å². The van der Waals surface area contributed by atoms with Crippen molar-refractivity contribution in [3.8, 4) is 0 Å². The Balaban J connectivity index is 1.76. The monoisotopic (exact) mass is 357 g/mol. The van der Waals surface area contributed by atoms with Gasteiger partial charge in [-0.1, -0.05) is 45.9 Å². The molecule has 1 aromatic rings.